The van der Waals surface area contributed by atoms with E-state index in [9.17, 15) is 4.79 Å². The minimum Gasteiger partial charge on any atom is -0.244 e. The molecule has 0 saturated heterocycles. The maximum atomic E-state index is 12.3. The molecule has 7 heteroatoms. The quantitative estimate of drug-likeness (QED) is 0.745. The van der Waals surface area contributed by atoms with Gasteiger partial charge in [-0.1, -0.05) is 53.5 Å². The van der Waals surface area contributed by atoms with Crippen LogP contribution in [-0.4, -0.2) is 19.8 Å². The van der Waals surface area contributed by atoms with Gasteiger partial charge in [0.1, 0.15) is 0 Å². The highest BCUT2D eigenvalue weighted by Gasteiger charge is 2.12. The molecule has 0 aliphatic carbocycles. The molecular formula is C14H10Cl2N4O. The van der Waals surface area contributed by atoms with Crippen molar-refractivity contribution in [3.05, 3.63) is 74.6 Å². The Labute approximate surface area is 130 Å². The average Bonchev–Trinajstić information content (AvgIpc) is 2.83. The summed E-state index contributed by atoms with van der Waals surface area (Å²) < 4.78 is 2.41. The molecule has 1 heterocycles. The summed E-state index contributed by atoms with van der Waals surface area (Å²) in [5.41, 5.74) is 0.921. The molecule has 0 N–H and O–H groups in total. The van der Waals surface area contributed by atoms with Crippen LogP contribution in [0, 0.1) is 0 Å². The van der Waals surface area contributed by atoms with Crippen LogP contribution in [0.25, 0.3) is 5.69 Å². The molecule has 1 aromatic heterocycles. The Balaban J connectivity index is 1.99. The van der Waals surface area contributed by atoms with Crippen molar-refractivity contribution in [3.8, 4) is 5.69 Å². The lowest BCUT2D eigenvalue weighted by molar-refractivity contribution is 0.632. The van der Waals surface area contributed by atoms with Gasteiger partial charge in [0.05, 0.1) is 17.3 Å². The highest BCUT2D eigenvalue weighted by atomic mass is 35.5. The number of aromatic nitrogens is 4. The Morgan fingerprint density at radius 3 is 2.29 bits per heavy atom. The first-order valence-electron chi connectivity index (χ1n) is 6.18. The van der Waals surface area contributed by atoms with Gasteiger partial charge in [-0.25, -0.2) is 4.79 Å². The Bertz CT molecular complexity index is 841. The predicted molar refractivity (Wildman–Crippen MR) is 81.2 cm³/mol. The summed E-state index contributed by atoms with van der Waals surface area (Å²) in [5.74, 6) is 0. The largest absolute Gasteiger partial charge is 0.368 e. The third-order valence-corrected chi connectivity index (χ3v) is 3.69. The minimum atomic E-state index is -0.372. The number of rotatable bonds is 3. The normalized spacial score (nSPS) is 10.8. The molecule has 0 aliphatic heterocycles. The summed E-state index contributed by atoms with van der Waals surface area (Å²) in [6.45, 7) is 0.253. The van der Waals surface area contributed by atoms with E-state index in [0.717, 1.165) is 5.56 Å². The summed E-state index contributed by atoms with van der Waals surface area (Å²) in [6.07, 6.45) is 0. The van der Waals surface area contributed by atoms with Crippen LogP contribution in [0.15, 0.2) is 53.3 Å². The first-order valence-corrected chi connectivity index (χ1v) is 6.93. The Morgan fingerprint density at radius 2 is 1.57 bits per heavy atom. The third-order valence-electron chi connectivity index (χ3n) is 3.00. The van der Waals surface area contributed by atoms with Crippen molar-refractivity contribution in [1.29, 1.82) is 0 Å². The molecule has 0 aliphatic rings. The first-order chi connectivity index (χ1) is 10.2. The molecule has 2 aromatic carbocycles. The van der Waals surface area contributed by atoms with Gasteiger partial charge in [0.15, 0.2) is 0 Å². The van der Waals surface area contributed by atoms with Crippen LogP contribution in [-0.2, 0) is 6.54 Å². The fourth-order valence-electron chi connectivity index (χ4n) is 1.94. The van der Waals surface area contributed by atoms with Crippen LogP contribution in [0.1, 0.15) is 5.56 Å². The molecule has 0 radical (unpaired) electrons. The second-order valence-corrected chi connectivity index (χ2v) is 5.19. The topological polar surface area (TPSA) is 52.7 Å². The summed E-state index contributed by atoms with van der Waals surface area (Å²) in [6, 6.07) is 14.2. The summed E-state index contributed by atoms with van der Waals surface area (Å²) >= 11 is 12.2. The number of para-hydroxylation sites is 1. The zero-order chi connectivity index (χ0) is 14.8. The van der Waals surface area contributed by atoms with Crippen LogP contribution in [0.2, 0.25) is 10.0 Å². The average molecular weight is 321 g/mol. The van der Waals surface area contributed by atoms with Gasteiger partial charge in [-0.05, 0) is 34.2 Å². The fraction of sp³-hybridized carbons (Fsp3) is 0.0714. The van der Waals surface area contributed by atoms with E-state index in [0.29, 0.717) is 15.7 Å². The van der Waals surface area contributed by atoms with Crippen molar-refractivity contribution in [1.82, 2.24) is 19.8 Å². The third kappa shape index (κ3) is 2.70. The highest BCUT2D eigenvalue weighted by molar-refractivity contribution is 6.32. The Morgan fingerprint density at radius 1 is 0.905 bits per heavy atom. The van der Waals surface area contributed by atoms with Crippen molar-refractivity contribution < 1.29 is 0 Å². The zero-order valence-electron chi connectivity index (χ0n) is 10.8. The van der Waals surface area contributed by atoms with Gasteiger partial charge >= 0.3 is 5.69 Å². The van der Waals surface area contributed by atoms with E-state index in [-0.39, 0.29) is 12.2 Å². The van der Waals surface area contributed by atoms with E-state index in [4.69, 9.17) is 23.2 Å². The smallest absolute Gasteiger partial charge is 0.244 e. The molecule has 3 aromatic rings. The molecule has 0 amide bonds. The molecule has 0 fully saturated rings. The number of nitrogens with zero attached hydrogens (tertiary/aromatic N) is 4. The monoisotopic (exact) mass is 320 g/mol. The van der Waals surface area contributed by atoms with E-state index < -0.39 is 0 Å². The van der Waals surface area contributed by atoms with Gasteiger partial charge in [-0.3, -0.25) is 0 Å². The Hall–Kier alpha value is -2.11. The number of hydrogen-bond acceptors (Lipinski definition) is 3. The number of tetrazole rings is 1. The molecule has 0 spiro atoms. The SMILES string of the molecule is O=c1n(Cc2ccccc2Cl)nnn1-c1ccccc1Cl. The minimum absolute atomic E-state index is 0.253. The predicted octanol–water partition coefficient (Wildman–Crippen LogP) is 2.78. The summed E-state index contributed by atoms with van der Waals surface area (Å²) in [7, 11) is 0. The molecule has 21 heavy (non-hydrogen) atoms. The van der Waals surface area contributed by atoms with Gasteiger partial charge < -0.3 is 0 Å². The van der Waals surface area contributed by atoms with Gasteiger partial charge in [0, 0.05) is 5.02 Å². The lowest BCUT2D eigenvalue weighted by Crippen LogP contribution is -2.25. The molecule has 106 valence electrons. The maximum Gasteiger partial charge on any atom is 0.368 e. The molecule has 3 rings (SSSR count). The second kappa shape index (κ2) is 5.71. The van der Waals surface area contributed by atoms with Gasteiger partial charge in [-0.2, -0.15) is 9.36 Å². The number of benzene rings is 2. The van der Waals surface area contributed by atoms with E-state index in [2.05, 4.69) is 10.4 Å². The van der Waals surface area contributed by atoms with Crippen LogP contribution in [0.4, 0.5) is 0 Å². The molecule has 0 saturated carbocycles. The van der Waals surface area contributed by atoms with Crippen molar-refractivity contribution in [2.75, 3.05) is 0 Å². The maximum absolute atomic E-state index is 12.3. The van der Waals surface area contributed by atoms with Crippen LogP contribution in [0.3, 0.4) is 0 Å². The number of halogens is 2. The van der Waals surface area contributed by atoms with E-state index in [1.165, 1.54) is 9.36 Å². The lowest BCUT2D eigenvalue weighted by Gasteiger charge is -2.02. The standard InChI is InChI=1S/C14H10Cl2N4O/c15-11-6-2-1-5-10(11)9-19-14(21)20(18-17-19)13-8-4-3-7-12(13)16/h1-8H,9H2. The van der Waals surface area contributed by atoms with Gasteiger partial charge in [0.2, 0.25) is 0 Å². The van der Waals surface area contributed by atoms with E-state index in [1.807, 2.05) is 18.2 Å². The van der Waals surface area contributed by atoms with Gasteiger partial charge in [0.25, 0.3) is 0 Å². The van der Waals surface area contributed by atoms with Crippen molar-refractivity contribution in [3.63, 3.8) is 0 Å². The highest BCUT2D eigenvalue weighted by Crippen LogP contribution is 2.17. The van der Waals surface area contributed by atoms with Crippen LogP contribution >= 0.6 is 23.2 Å². The van der Waals surface area contributed by atoms with Crippen LogP contribution in [0.5, 0.6) is 0 Å². The molecule has 5 nitrogen and oxygen atoms in total. The number of hydrogen-bond donors (Lipinski definition) is 0. The fourth-order valence-corrected chi connectivity index (χ4v) is 2.35. The molecule has 0 unspecified atom stereocenters. The summed E-state index contributed by atoms with van der Waals surface area (Å²) in [5, 5.41) is 8.75. The Kier molecular flexibility index (Phi) is 3.77. The lowest BCUT2D eigenvalue weighted by atomic mass is 10.2. The van der Waals surface area contributed by atoms with Gasteiger partial charge in [-0.15, -0.1) is 0 Å². The molecule has 0 atom stereocenters. The second-order valence-electron chi connectivity index (χ2n) is 4.37. The van der Waals surface area contributed by atoms with Crippen molar-refractivity contribution >= 4 is 23.2 Å². The van der Waals surface area contributed by atoms with Crippen molar-refractivity contribution in [2.45, 2.75) is 6.54 Å². The molecule has 0 bridgehead atoms. The van der Waals surface area contributed by atoms with E-state index in [1.54, 1.807) is 30.3 Å². The molecular weight excluding hydrogens is 311 g/mol. The zero-order valence-corrected chi connectivity index (χ0v) is 12.3. The van der Waals surface area contributed by atoms with Crippen LogP contribution < -0.4 is 5.69 Å². The van der Waals surface area contributed by atoms with E-state index >= 15 is 0 Å². The first kappa shape index (κ1) is 13.9. The van der Waals surface area contributed by atoms with Crippen molar-refractivity contribution in [2.24, 2.45) is 0 Å². The summed E-state index contributed by atoms with van der Waals surface area (Å²) in [4.78, 5) is 12.3.